The minimum absolute atomic E-state index is 0.391. The minimum atomic E-state index is -0.503. The maximum Gasteiger partial charge on any atom is 0.132 e. The van der Waals surface area contributed by atoms with Crippen molar-refractivity contribution in [2.24, 2.45) is 5.84 Å². The van der Waals surface area contributed by atoms with Gasteiger partial charge in [0.05, 0.1) is 20.3 Å². The molecule has 0 saturated heterocycles. The topological polar surface area (TPSA) is 56.5 Å². The van der Waals surface area contributed by atoms with Crippen LogP contribution in [-0.4, -0.2) is 14.2 Å². The molecule has 106 valence electrons. The van der Waals surface area contributed by atoms with E-state index >= 15 is 0 Å². The van der Waals surface area contributed by atoms with Crippen molar-refractivity contribution in [2.75, 3.05) is 14.2 Å². The highest BCUT2D eigenvalue weighted by molar-refractivity contribution is 5.43. The van der Waals surface area contributed by atoms with Gasteiger partial charge in [-0.2, -0.15) is 0 Å². The van der Waals surface area contributed by atoms with Gasteiger partial charge in [0.1, 0.15) is 17.3 Å². The molecular weight excluding hydrogens is 259 g/mol. The van der Waals surface area contributed by atoms with E-state index in [9.17, 15) is 4.39 Å². The fourth-order valence-electron chi connectivity index (χ4n) is 2.12. The number of nitrogens with two attached hydrogens (primary N) is 1. The average molecular weight is 276 g/mol. The molecule has 2 aromatic carbocycles. The van der Waals surface area contributed by atoms with Crippen molar-refractivity contribution in [3.63, 3.8) is 0 Å². The smallest absolute Gasteiger partial charge is 0.132 e. The molecule has 5 heteroatoms. The molecule has 0 radical (unpaired) electrons. The van der Waals surface area contributed by atoms with E-state index < -0.39 is 11.9 Å². The Morgan fingerprint density at radius 2 is 1.80 bits per heavy atom. The third-order valence-electron chi connectivity index (χ3n) is 3.14. The van der Waals surface area contributed by atoms with Crippen LogP contribution in [0.1, 0.15) is 17.2 Å². The summed E-state index contributed by atoms with van der Waals surface area (Å²) in [4.78, 5) is 0. The molecule has 0 bridgehead atoms. The monoisotopic (exact) mass is 276 g/mol. The molecule has 2 aromatic rings. The lowest BCUT2D eigenvalue weighted by Crippen LogP contribution is -2.29. The van der Waals surface area contributed by atoms with Crippen molar-refractivity contribution in [2.45, 2.75) is 6.04 Å². The Morgan fingerprint density at radius 1 is 1.05 bits per heavy atom. The Morgan fingerprint density at radius 3 is 2.40 bits per heavy atom. The van der Waals surface area contributed by atoms with Crippen molar-refractivity contribution in [3.05, 3.63) is 59.4 Å². The third kappa shape index (κ3) is 2.74. The van der Waals surface area contributed by atoms with Crippen LogP contribution in [0.2, 0.25) is 0 Å². The Kier molecular flexibility index (Phi) is 4.55. The molecule has 0 aliphatic rings. The molecule has 0 heterocycles. The molecule has 3 N–H and O–H groups in total. The van der Waals surface area contributed by atoms with Gasteiger partial charge in [-0.1, -0.05) is 24.3 Å². The van der Waals surface area contributed by atoms with Crippen LogP contribution in [0, 0.1) is 5.82 Å². The van der Waals surface area contributed by atoms with Crippen molar-refractivity contribution < 1.29 is 13.9 Å². The summed E-state index contributed by atoms with van der Waals surface area (Å²) in [5.74, 6) is 6.31. The molecule has 0 fully saturated rings. The first-order chi connectivity index (χ1) is 9.71. The van der Waals surface area contributed by atoms with Crippen LogP contribution in [0.4, 0.5) is 4.39 Å². The van der Waals surface area contributed by atoms with E-state index in [4.69, 9.17) is 15.3 Å². The minimum Gasteiger partial charge on any atom is -0.497 e. The lowest BCUT2D eigenvalue weighted by molar-refractivity contribution is 0.401. The molecule has 4 nitrogen and oxygen atoms in total. The summed E-state index contributed by atoms with van der Waals surface area (Å²) >= 11 is 0. The van der Waals surface area contributed by atoms with Crippen LogP contribution in [0.3, 0.4) is 0 Å². The fourth-order valence-corrected chi connectivity index (χ4v) is 2.12. The van der Waals surface area contributed by atoms with Gasteiger partial charge in [0.15, 0.2) is 0 Å². The van der Waals surface area contributed by atoms with Gasteiger partial charge >= 0.3 is 0 Å². The summed E-state index contributed by atoms with van der Waals surface area (Å²) in [6.45, 7) is 0. The standard InChI is InChI=1S/C15H17FN2O2/c1-19-10-7-8-11(13(16)9-10)15(18-17)12-5-3-4-6-14(12)20-2/h3-9,15,18H,17H2,1-2H3. The number of hydrazine groups is 1. The molecule has 0 spiro atoms. The summed E-state index contributed by atoms with van der Waals surface area (Å²) in [5, 5.41) is 0. The fraction of sp³-hybridized carbons (Fsp3) is 0.200. The summed E-state index contributed by atoms with van der Waals surface area (Å²) in [7, 11) is 3.06. The number of hydrogen-bond donors (Lipinski definition) is 2. The van der Waals surface area contributed by atoms with E-state index in [1.165, 1.54) is 13.2 Å². The van der Waals surface area contributed by atoms with Gasteiger partial charge in [-0.3, -0.25) is 5.84 Å². The number of benzene rings is 2. The van der Waals surface area contributed by atoms with E-state index in [2.05, 4.69) is 5.43 Å². The average Bonchev–Trinajstić information content (AvgIpc) is 2.50. The van der Waals surface area contributed by atoms with Crippen LogP contribution in [0.25, 0.3) is 0 Å². The summed E-state index contributed by atoms with van der Waals surface area (Å²) in [5.41, 5.74) is 3.82. The lowest BCUT2D eigenvalue weighted by atomic mass is 9.98. The molecule has 0 saturated carbocycles. The second-order valence-corrected chi connectivity index (χ2v) is 4.23. The van der Waals surface area contributed by atoms with Crippen molar-refractivity contribution in [3.8, 4) is 11.5 Å². The van der Waals surface area contributed by atoms with Crippen LogP contribution in [-0.2, 0) is 0 Å². The second kappa shape index (κ2) is 6.36. The zero-order valence-electron chi connectivity index (χ0n) is 11.4. The molecular formula is C15H17FN2O2. The normalized spacial score (nSPS) is 12.0. The molecule has 2 rings (SSSR count). The first-order valence-electron chi connectivity index (χ1n) is 6.13. The quantitative estimate of drug-likeness (QED) is 0.650. The first kappa shape index (κ1) is 14.3. The van der Waals surface area contributed by atoms with Crippen LogP contribution in [0.15, 0.2) is 42.5 Å². The van der Waals surface area contributed by atoms with Gasteiger partial charge in [0, 0.05) is 17.2 Å². The van der Waals surface area contributed by atoms with Crippen molar-refractivity contribution >= 4 is 0 Å². The maximum atomic E-state index is 14.2. The summed E-state index contributed by atoms with van der Waals surface area (Å²) < 4.78 is 24.5. The zero-order chi connectivity index (χ0) is 14.5. The largest absolute Gasteiger partial charge is 0.497 e. The molecule has 1 unspecified atom stereocenters. The molecule has 20 heavy (non-hydrogen) atoms. The van der Waals surface area contributed by atoms with Gasteiger partial charge in [-0.15, -0.1) is 0 Å². The van der Waals surface area contributed by atoms with E-state index in [-0.39, 0.29) is 0 Å². The van der Waals surface area contributed by atoms with Gasteiger partial charge in [-0.25, -0.2) is 9.82 Å². The number of halogens is 1. The Bertz CT molecular complexity index is 590. The molecule has 0 aliphatic heterocycles. The van der Waals surface area contributed by atoms with Gasteiger partial charge in [0.25, 0.3) is 0 Å². The molecule has 0 aromatic heterocycles. The predicted octanol–water partition coefficient (Wildman–Crippen LogP) is 2.40. The highest BCUT2D eigenvalue weighted by Gasteiger charge is 2.20. The summed E-state index contributed by atoms with van der Waals surface area (Å²) in [6.07, 6.45) is 0. The summed E-state index contributed by atoms with van der Waals surface area (Å²) in [6, 6.07) is 11.5. The SMILES string of the molecule is COc1ccc(C(NN)c2ccccc2OC)c(F)c1. The van der Waals surface area contributed by atoms with Crippen molar-refractivity contribution in [1.29, 1.82) is 0 Å². The number of nitrogens with one attached hydrogen (secondary N) is 1. The Hall–Kier alpha value is -2.11. The van der Waals surface area contributed by atoms with Crippen molar-refractivity contribution in [1.82, 2.24) is 5.43 Å². The number of para-hydroxylation sites is 1. The van der Waals surface area contributed by atoms with Crippen LogP contribution < -0.4 is 20.7 Å². The number of hydrogen-bond acceptors (Lipinski definition) is 4. The second-order valence-electron chi connectivity index (χ2n) is 4.23. The Balaban J connectivity index is 2.47. The highest BCUT2D eigenvalue weighted by Crippen LogP contribution is 2.31. The van der Waals surface area contributed by atoms with E-state index in [0.717, 1.165) is 5.56 Å². The predicted molar refractivity (Wildman–Crippen MR) is 75.1 cm³/mol. The lowest BCUT2D eigenvalue weighted by Gasteiger charge is -2.20. The zero-order valence-corrected chi connectivity index (χ0v) is 11.4. The van der Waals surface area contributed by atoms with Gasteiger partial charge < -0.3 is 9.47 Å². The highest BCUT2D eigenvalue weighted by atomic mass is 19.1. The molecule has 0 aliphatic carbocycles. The van der Waals surface area contributed by atoms with Crippen LogP contribution in [0.5, 0.6) is 11.5 Å². The van der Waals surface area contributed by atoms with E-state index in [0.29, 0.717) is 17.1 Å². The van der Waals surface area contributed by atoms with Crippen LogP contribution >= 0.6 is 0 Å². The number of methoxy groups -OCH3 is 2. The molecule has 0 amide bonds. The Labute approximate surface area is 117 Å². The van der Waals surface area contributed by atoms with E-state index in [1.807, 2.05) is 18.2 Å². The van der Waals surface area contributed by atoms with E-state index in [1.54, 1.807) is 25.3 Å². The number of rotatable bonds is 5. The third-order valence-corrected chi connectivity index (χ3v) is 3.14. The van der Waals surface area contributed by atoms with Gasteiger partial charge in [-0.05, 0) is 12.1 Å². The molecule has 1 atom stereocenters. The van der Waals surface area contributed by atoms with Gasteiger partial charge in [0.2, 0.25) is 0 Å². The maximum absolute atomic E-state index is 14.2. The first-order valence-corrected chi connectivity index (χ1v) is 6.13. The number of ether oxygens (including phenoxy) is 2.